The number of ether oxygens (including phenoxy) is 3. The molecule has 0 bridgehead atoms. The summed E-state index contributed by atoms with van der Waals surface area (Å²) < 4.78 is 17.1. The highest BCUT2D eigenvalue weighted by molar-refractivity contribution is 5.71. The fourth-order valence-corrected chi connectivity index (χ4v) is 7.34. The molecule has 0 aromatic rings. The zero-order chi connectivity index (χ0) is 21.0. The number of carbonyl (C=O) groups excluding carboxylic acids is 3. The van der Waals surface area contributed by atoms with Crippen molar-refractivity contribution in [3.63, 3.8) is 0 Å². The Morgan fingerprint density at radius 2 is 1.59 bits per heavy atom. The predicted molar refractivity (Wildman–Crippen MR) is 105 cm³/mol. The molecule has 0 radical (unpaired) electrons. The monoisotopic (exact) mass is 406 g/mol. The van der Waals surface area contributed by atoms with Gasteiger partial charge in [-0.1, -0.05) is 13.8 Å². The second-order valence-electron chi connectivity index (χ2n) is 10.3. The van der Waals surface area contributed by atoms with E-state index in [4.69, 9.17) is 14.2 Å². The molecule has 0 aromatic carbocycles. The number of fused-ring (bicyclic) bond motifs is 5. The minimum absolute atomic E-state index is 0.0477. The lowest BCUT2D eigenvalue weighted by Crippen LogP contribution is -2.52. The van der Waals surface area contributed by atoms with Crippen LogP contribution in [0.15, 0.2) is 0 Å². The van der Waals surface area contributed by atoms with E-state index in [2.05, 4.69) is 13.8 Å². The molecule has 1 heterocycles. The molecule has 1 saturated heterocycles. The maximum atomic E-state index is 12.8. The largest absolute Gasteiger partial charge is 0.462 e. The average molecular weight is 407 g/mol. The van der Waals surface area contributed by atoms with Gasteiger partial charge in [0, 0.05) is 37.5 Å². The topological polar surface area (TPSA) is 78.9 Å². The fraction of sp³-hybridized carbons (Fsp3) is 0.870. The molecular formula is C23H34O6. The second-order valence-corrected chi connectivity index (χ2v) is 10.3. The van der Waals surface area contributed by atoms with Gasteiger partial charge in [0.1, 0.15) is 18.3 Å². The molecule has 6 nitrogen and oxygen atoms in total. The number of hydrogen-bond acceptors (Lipinski definition) is 6. The quantitative estimate of drug-likeness (QED) is 0.513. The summed E-state index contributed by atoms with van der Waals surface area (Å²) in [5.74, 6) is 0.438. The van der Waals surface area contributed by atoms with Crippen LogP contribution in [0.3, 0.4) is 0 Å². The molecule has 8 unspecified atom stereocenters. The number of rotatable bonds is 2. The molecule has 4 aliphatic rings. The maximum absolute atomic E-state index is 12.8. The summed E-state index contributed by atoms with van der Waals surface area (Å²) in [6, 6.07) is 0. The summed E-state index contributed by atoms with van der Waals surface area (Å²) in [4.78, 5) is 35.8. The first kappa shape index (κ1) is 20.7. The zero-order valence-electron chi connectivity index (χ0n) is 18.1. The lowest BCUT2D eigenvalue weighted by molar-refractivity contribution is -0.170. The van der Waals surface area contributed by atoms with Crippen LogP contribution in [0.25, 0.3) is 0 Å². The average Bonchev–Trinajstić information content (AvgIpc) is 2.88. The molecule has 6 heteroatoms. The van der Waals surface area contributed by atoms with E-state index in [0.717, 1.165) is 38.5 Å². The first-order valence-corrected chi connectivity index (χ1v) is 11.2. The molecule has 162 valence electrons. The molecular weight excluding hydrogens is 372 g/mol. The van der Waals surface area contributed by atoms with E-state index in [1.807, 2.05) is 0 Å². The van der Waals surface area contributed by atoms with Crippen LogP contribution < -0.4 is 0 Å². The summed E-state index contributed by atoms with van der Waals surface area (Å²) in [6.07, 6.45) is 6.29. The van der Waals surface area contributed by atoms with Gasteiger partial charge in [0.2, 0.25) is 0 Å². The summed E-state index contributed by atoms with van der Waals surface area (Å²) in [5.41, 5.74) is -0.146. The Labute approximate surface area is 173 Å². The van der Waals surface area contributed by atoms with Gasteiger partial charge in [-0.15, -0.1) is 0 Å². The van der Waals surface area contributed by atoms with E-state index in [1.54, 1.807) is 0 Å². The third-order valence-electron chi connectivity index (χ3n) is 8.73. The Hall–Kier alpha value is -1.59. The van der Waals surface area contributed by atoms with Crippen LogP contribution in [0, 0.1) is 28.6 Å². The summed E-state index contributed by atoms with van der Waals surface area (Å²) >= 11 is 0. The summed E-state index contributed by atoms with van der Waals surface area (Å²) in [5, 5.41) is 0. The highest BCUT2D eigenvalue weighted by Crippen LogP contribution is 2.63. The number of hydrogen-bond donors (Lipinski definition) is 0. The van der Waals surface area contributed by atoms with Crippen LogP contribution in [0.5, 0.6) is 0 Å². The van der Waals surface area contributed by atoms with Gasteiger partial charge in [-0.05, 0) is 56.3 Å². The lowest BCUT2D eigenvalue weighted by atomic mass is 9.51. The Morgan fingerprint density at radius 1 is 0.931 bits per heavy atom. The van der Waals surface area contributed by atoms with Gasteiger partial charge in [0.15, 0.2) is 0 Å². The van der Waals surface area contributed by atoms with Gasteiger partial charge in [0.25, 0.3) is 0 Å². The van der Waals surface area contributed by atoms with Gasteiger partial charge >= 0.3 is 17.9 Å². The van der Waals surface area contributed by atoms with Gasteiger partial charge < -0.3 is 14.2 Å². The molecule has 3 aliphatic carbocycles. The molecule has 1 aliphatic heterocycles. The molecule has 29 heavy (non-hydrogen) atoms. The van der Waals surface area contributed by atoms with Crippen molar-refractivity contribution >= 4 is 17.9 Å². The van der Waals surface area contributed by atoms with Gasteiger partial charge in [0.05, 0.1) is 0 Å². The van der Waals surface area contributed by atoms with Crippen LogP contribution in [0.2, 0.25) is 0 Å². The van der Waals surface area contributed by atoms with Crippen molar-refractivity contribution in [2.75, 3.05) is 0 Å². The van der Waals surface area contributed by atoms with Gasteiger partial charge in [-0.3, -0.25) is 14.4 Å². The molecule has 8 atom stereocenters. The van der Waals surface area contributed by atoms with Gasteiger partial charge in [-0.25, -0.2) is 0 Å². The Balaban J connectivity index is 1.59. The smallest absolute Gasteiger partial charge is 0.306 e. The molecule has 4 rings (SSSR count). The minimum atomic E-state index is -0.271. The zero-order valence-corrected chi connectivity index (χ0v) is 18.1. The molecule has 4 fully saturated rings. The third-order valence-corrected chi connectivity index (χ3v) is 8.73. The molecule has 0 aromatic heterocycles. The summed E-state index contributed by atoms with van der Waals surface area (Å²) in [6.45, 7) is 7.45. The van der Waals surface area contributed by atoms with Crippen molar-refractivity contribution in [2.45, 2.75) is 97.4 Å². The molecule has 0 N–H and O–H groups in total. The third kappa shape index (κ3) is 3.46. The Bertz CT molecular complexity index is 703. The van der Waals surface area contributed by atoms with Gasteiger partial charge in [-0.2, -0.15) is 0 Å². The van der Waals surface area contributed by atoms with E-state index < -0.39 is 0 Å². The minimum Gasteiger partial charge on any atom is -0.462 e. The van der Waals surface area contributed by atoms with Crippen LogP contribution in [0.4, 0.5) is 0 Å². The van der Waals surface area contributed by atoms with Crippen molar-refractivity contribution in [3.05, 3.63) is 0 Å². The summed E-state index contributed by atoms with van der Waals surface area (Å²) in [7, 11) is 0. The molecule has 0 amide bonds. The Kier molecular flexibility index (Phi) is 5.19. The first-order valence-electron chi connectivity index (χ1n) is 11.2. The van der Waals surface area contributed by atoms with Crippen LogP contribution in [-0.4, -0.2) is 36.2 Å². The van der Waals surface area contributed by atoms with E-state index >= 15 is 0 Å². The van der Waals surface area contributed by atoms with Crippen molar-refractivity contribution < 1.29 is 28.6 Å². The van der Waals surface area contributed by atoms with Crippen LogP contribution in [0.1, 0.15) is 79.1 Å². The molecule has 0 spiro atoms. The Morgan fingerprint density at radius 3 is 2.28 bits per heavy atom. The van der Waals surface area contributed by atoms with E-state index in [0.29, 0.717) is 24.7 Å². The normalized spacial score (nSPS) is 46.4. The first-order chi connectivity index (χ1) is 13.6. The standard InChI is InChI=1S/C23H34O6/c1-13(24)27-15-7-9-23(4)18-8-10-22(3)17(5-6-19(22)28-14(2)25)16(18)12-21(26)29-20(23)11-15/h15-20H,5-12H2,1-4H3. The fourth-order valence-electron chi connectivity index (χ4n) is 7.34. The lowest BCUT2D eigenvalue weighted by Gasteiger charge is -2.54. The molecule has 3 saturated carbocycles. The van der Waals surface area contributed by atoms with Crippen molar-refractivity contribution in [1.82, 2.24) is 0 Å². The van der Waals surface area contributed by atoms with E-state index in [-0.39, 0.29) is 53.0 Å². The maximum Gasteiger partial charge on any atom is 0.306 e. The van der Waals surface area contributed by atoms with Crippen LogP contribution in [-0.2, 0) is 28.6 Å². The highest BCUT2D eigenvalue weighted by atomic mass is 16.6. The number of esters is 3. The number of carbonyl (C=O) groups is 3. The van der Waals surface area contributed by atoms with Crippen molar-refractivity contribution in [1.29, 1.82) is 0 Å². The highest BCUT2D eigenvalue weighted by Gasteiger charge is 2.61. The van der Waals surface area contributed by atoms with Crippen molar-refractivity contribution in [2.24, 2.45) is 28.6 Å². The SMILES string of the molecule is CC(=O)OC1CCC2(C)C(C1)OC(=O)CC1C3CCC(OC(C)=O)C3(C)CCC12. The predicted octanol–water partition coefficient (Wildman–Crippen LogP) is 3.80. The van der Waals surface area contributed by atoms with Crippen molar-refractivity contribution in [3.8, 4) is 0 Å². The van der Waals surface area contributed by atoms with E-state index in [1.165, 1.54) is 13.8 Å². The van der Waals surface area contributed by atoms with E-state index in [9.17, 15) is 14.4 Å². The second kappa shape index (κ2) is 7.28. The van der Waals surface area contributed by atoms with Crippen LogP contribution >= 0.6 is 0 Å².